The van der Waals surface area contributed by atoms with Crippen LogP contribution in [0.5, 0.6) is 0 Å². The quantitative estimate of drug-likeness (QED) is 0.312. The Balaban J connectivity index is 1.41. The van der Waals surface area contributed by atoms with Gasteiger partial charge in [-0.3, -0.25) is 14.9 Å². The van der Waals surface area contributed by atoms with Crippen LogP contribution in [0, 0.1) is 10.1 Å². The number of benzene rings is 2. The minimum absolute atomic E-state index is 0.0863. The number of carbonyl (C=O) groups is 1. The van der Waals surface area contributed by atoms with Crippen molar-refractivity contribution >= 4 is 28.4 Å². The van der Waals surface area contributed by atoms with Crippen LogP contribution in [0.1, 0.15) is 29.5 Å². The maximum atomic E-state index is 13.0. The first-order valence-electron chi connectivity index (χ1n) is 11.6. The van der Waals surface area contributed by atoms with Crippen LogP contribution < -0.4 is 4.90 Å². The van der Waals surface area contributed by atoms with Crippen LogP contribution in [0.15, 0.2) is 60.8 Å². The molecular weight excluding hydrogens is 446 g/mol. The highest BCUT2D eigenvalue weighted by Gasteiger charge is 2.26. The van der Waals surface area contributed by atoms with Gasteiger partial charge in [-0.2, -0.15) is 5.10 Å². The lowest BCUT2D eigenvalue weighted by atomic mass is 10.1. The van der Waals surface area contributed by atoms with Crippen LogP contribution in [0.4, 0.5) is 11.5 Å². The number of carbonyl (C=O) groups excluding carboxylic acids is 1. The number of anilines is 1. The summed E-state index contributed by atoms with van der Waals surface area (Å²) in [7, 11) is 0. The Labute approximate surface area is 202 Å². The van der Waals surface area contributed by atoms with E-state index in [1.165, 1.54) is 12.1 Å². The molecule has 0 unspecified atom stereocenters. The summed E-state index contributed by atoms with van der Waals surface area (Å²) >= 11 is 0. The number of nitrogens with zero attached hydrogens (tertiary/aromatic N) is 7. The summed E-state index contributed by atoms with van der Waals surface area (Å²) in [6, 6.07) is 15.8. The number of nitro benzene ring substituents is 1. The lowest BCUT2D eigenvalue weighted by Gasteiger charge is -2.35. The van der Waals surface area contributed by atoms with E-state index in [1.807, 2.05) is 35.0 Å². The molecule has 0 aliphatic carbocycles. The molecule has 1 saturated heterocycles. The van der Waals surface area contributed by atoms with E-state index in [0.717, 1.165) is 41.2 Å². The standard InChI is InChI=1S/C25H25N7O3/c1-2-7-22-27-23(21-17-26-31(24(21)28-22)19-9-4-3-5-10-19)29-12-14-30(15-13-29)25(33)18-8-6-11-20(16-18)32(34)35/h3-6,8-11,16-17H,2,7,12-15H2,1H3. The van der Waals surface area contributed by atoms with Crippen molar-refractivity contribution in [3.8, 4) is 5.69 Å². The fourth-order valence-electron chi connectivity index (χ4n) is 4.33. The summed E-state index contributed by atoms with van der Waals surface area (Å²) < 4.78 is 1.84. The van der Waals surface area contributed by atoms with Gasteiger partial charge < -0.3 is 9.80 Å². The first-order valence-corrected chi connectivity index (χ1v) is 11.6. The molecule has 1 fully saturated rings. The van der Waals surface area contributed by atoms with Crippen LogP contribution in [0.2, 0.25) is 0 Å². The van der Waals surface area contributed by atoms with Crippen molar-refractivity contribution in [2.75, 3.05) is 31.1 Å². The van der Waals surface area contributed by atoms with Crippen LogP contribution >= 0.6 is 0 Å². The average Bonchev–Trinajstić information content (AvgIpc) is 3.33. The van der Waals surface area contributed by atoms with Crippen LogP contribution in [-0.4, -0.2) is 61.7 Å². The number of nitro groups is 1. The topological polar surface area (TPSA) is 110 Å². The number of para-hydroxylation sites is 1. The molecule has 0 spiro atoms. The van der Waals surface area contributed by atoms with E-state index in [4.69, 9.17) is 9.97 Å². The van der Waals surface area contributed by atoms with Crippen LogP contribution in [0.25, 0.3) is 16.7 Å². The third-order valence-electron chi connectivity index (χ3n) is 6.10. The Morgan fingerprint density at radius 3 is 2.51 bits per heavy atom. The zero-order valence-electron chi connectivity index (χ0n) is 19.4. The molecule has 10 nitrogen and oxygen atoms in total. The van der Waals surface area contributed by atoms with Gasteiger partial charge in [0.15, 0.2) is 5.65 Å². The average molecular weight is 472 g/mol. The van der Waals surface area contributed by atoms with Gasteiger partial charge >= 0.3 is 0 Å². The first-order chi connectivity index (χ1) is 17.0. The van der Waals surface area contributed by atoms with Gasteiger partial charge in [-0.15, -0.1) is 0 Å². The molecule has 35 heavy (non-hydrogen) atoms. The van der Waals surface area contributed by atoms with Crippen LogP contribution in [-0.2, 0) is 6.42 Å². The Hall–Kier alpha value is -4.34. The zero-order valence-corrected chi connectivity index (χ0v) is 19.4. The minimum Gasteiger partial charge on any atom is -0.352 e. The van der Waals surface area contributed by atoms with E-state index in [2.05, 4.69) is 16.9 Å². The molecule has 2 aromatic carbocycles. The summed E-state index contributed by atoms with van der Waals surface area (Å²) in [6.45, 7) is 4.26. The minimum atomic E-state index is -0.488. The third kappa shape index (κ3) is 4.42. The molecule has 2 aromatic heterocycles. The molecule has 0 saturated carbocycles. The van der Waals surface area contributed by atoms with Crippen molar-refractivity contribution in [2.45, 2.75) is 19.8 Å². The highest BCUT2D eigenvalue weighted by molar-refractivity contribution is 5.95. The smallest absolute Gasteiger partial charge is 0.270 e. The summed E-state index contributed by atoms with van der Waals surface area (Å²) in [4.78, 5) is 37.1. The number of aryl methyl sites for hydroxylation is 1. The van der Waals surface area contributed by atoms with Gasteiger partial charge in [0, 0.05) is 50.3 Å². The van der Waals surface area contributed by atoms with Crippen molar-refractivity contribution in [3.63, 3.8) is 0 Å². The Bertz CT molecular complexity index is 1380. The van der Waals surface area contributed by atoms with Crippen molar-refractivity contribution < 1.29 is 9.72 Å². The second kappa shape index (κ2) is 9.49. The van der Waals surface area contributed by atoms with Gasteiger partial charge in [-0.1, -0.05) is 31.2 Å². The SMILES string of the molecule is CCCc1nc(N2CCN(C(=O)c3cccc([N+](=O)[O-])c3)CC2)c2cnn(-c3ccccc3)c2n1. The lowest BCUT2D eigenvalue weighted by Crippen LogP contribution is -2.49. The van der Waals surface area contributed by atoms with Crippen LogP contribution in [0.3, 0.4) is 0 Å². The number of hydrogen-bond donors (Lipinski definition) is 0. The summed E-state index contributed by atoms with van der Waals surface area (Å²) in [5.41, 5.74) is 1.94. The highest BCUT2D eigenvalue weighted by Crippen LogP contribution is 2.27. The predicted octanol–water partition coefficient (Wildman–Crippen LogP) is 3.64. The Morgan fingerprint density at radius 1 is 1.03 bits per heavy atom. The third-order valence-corrected chi connectivity index (χ3v) is 6.10. The number of piperazine rings is 1. The first kappa shape index (κ1) is 22.5. The second-order valence-electron chi connectivity index (χ2n) is 8.43. The van der Waals surface area contributed by atoms with Crippen molar-refractivity contribution in [3.05, 3.63) is 82.3 Å². The molecule has 4 aromatic rings. The fraction of sp³-hybridized carbons (Fsp3) is 0.280. The molecule has 3 heterocycles. The largest absolute Gasteiger partial charge is 0.352 e. The summed E-state index contributed by atoms with van der Waals surface area (Å²) in [5, 5.41) is 16.5. The van der Waals surface area contributed by atoms with Gasteiger partial charge in [-0.05, 0) is 24.6 Å². The zero-order chi connectivity index (χ0) is 24.4. The number of rotatable bonds is 6. The molecular formula is C25H25N7O3. The van der Waals surface area contributed by atoms with E-state index in [1.54, 1.807) is 23.2 Å². The Morgan fingerprint density at radius 2 is 1.80 bits per heavy atom. The molecule has 0 radical (unpaired) electrons. The molecule has 178 valence electrons. The van der Waals surface area contributed by atoms with Gasteiger partial charge in [0.25, 0.3) is 11.6 Å². The maximum absolute atomic E-state index is 13.0. The van der Waals surface area contributed by atoms with E-state index >= 15 is 0 Å². The predicted molar refractivity (Wildman–Crippen MR) is 132 cm³/mol. The summed E-state index contributed by atoms with van der Waals surface area (Å²) in [6.07, 6.45) is 3.48. The number of non-ortho nitro benzene ring substituents is 1. The molecule has 1 aliphatic rings. The molecule has 5 rings (SSSR count). The van der Waals surface area contributed by atoms with Crippen molar-refractivity contribution in [1.29, 1.82) is 0 Å². The summed E-state index contributed by atoms with van der Waals surface area (Å²) in [5.74, 6) is 1.38. The van der Waals surface area contributed by atoms with E-state index < -0.39 is 4.92 Å². The van der Waals surface area contributed by atoms with Gasteiger partial charge in [0.1, 0.15) is 11.6 Å². The molecule has 1 amide bonds. The van der Waals surface area contributed by atoms with Gasteiger partial charge in [-0.25, -0.2) is 14.6 Å². The highest BCUT2D eigenvalue weighted by atomic mass is 16.6. The molecule has 0 bridgehead atoms. The number of aromatic nitrogens is 4. The lowest BCUT2D eigenvalue weighted by molar-refractivity contribution is -0.384. The van der Waals surface area contributed by atoms with Crippen molar-refractivity contribution in [2.24, 2.45) is 0 Å². The maximum Gasteiger partial charge on any atom is 0.270 e. The number of amides is 1. The second-order valence-corrected chi connectivity index (χ2v) is 8.43. The normalized spacial score (nSPS) is 13.9. The van der Waals surface area contributed by atoms with E-state index in [0.29, 0.717) is 31.7 Å². The fourth-order valence-corrected chi connectivity index (χ4v) is 4.33. The Kier molecular flexibility index (Phi) is 6.09. The van der Waals surface area contributed by atoms with Gasteiger partial charge in [0.2, 0.25) is 0 Å². The number of hydrogen-bond acceptors (Lipinski definition) is 7. The van der Waals surface area contributed by atoms with Gasteiger partial charge in [0.05, 0.1) is 22.2 Å². The number of fused-ring (bicyclic) bond motifs is 1. The molecule has 1 aliphatic heterocycles. The molecule has 0 atom stereocenters. The monoisotopic (exact) mass is 471 g/mol. The van der Waals surface area contributed by atoms with E-state index in [-0.39, 0.29) is 11.6 Å². The molecule has 0 N–H and O–H groups in total. The molecule has 10 heteroatoms. The van der Waals surface area contributed by atoms with Crippen molar-refractivity contribution in [1.82, 2.24) is 24.6 Å². The van der Waals surface area contributed by atoms with E-state index in [9.17, 15) is 14.9 Å².